The van der Waals surface area contributed by atoms with E-state index in [1.54, 1.807) is 7.11 Å². The van der Waals surface area contributed by atoms with Gasteiger partial charge in [-0.05, 0) is 48.9 Å². The third-order valence-electron chi connectivity index (χ3n) is 5.60. The number of fused-ring (bicyclic) bond motifs is 1. The second kappa shape index (κ2) is 4.82. The molecule has 1 aromatic carbocycles. The number of ether oxygens (including phenoxy) is 1. The van der Waals surface area contributed by atoms with Crippen LogP contribution in [0.3, 0.4) is 0 Å². The highest BCUT2D eigenvalue weighted by molar-refractivity contribution is 5.37. The Bertz CT molecular complexity index is 442. The van der Waals surface area contributed by atoms with Crippen molar-refractivity contribution in [2.24, 2.45) is 5.41 Å². The van der Waals surface area contributed by atoms with Gasteiger partial charge in [0.1, 0.15) is 5.75 Å². The van der Waals surface area contributed by atoms with Crippen LogP contribution in [0.15, 0.2) is 24.3 Å². The van der Waals surface area contributed by atoms with Crippen LogP contribution < -0.4 is 10.1 Å². The van der Waals surface area contributed by atoms with E-state index in [4.69, 9.17) is 4.74 Å². The Labute approximate surface area is 116 Å². The second-order valence-electron chi connectivity index (χ2n) is 6.51. The normalized spacial score (nSPS) is 34.6. The van der Waals surface area contributed by atoms with Gasteiger partial charge in [-0.25, -0.2) is 0 Å². The Kier molecular flexibility index (Phi) is 3.30. The van der Waals surface area contributed by atoms with Gasteiger partial charge in [0.15, 0.2) is 0 Å². The summed E-state index contributed by atoms with van der Waals surface area (Å²) >= 11 is 0. The molecule has 2 heteroatoms. The Hall–Kier alpha value is -1.02. The average molecular weight is 259 g/mol. The van der Waals surface area contributed by atoms with Crippen LogP contribution in [0.4, 0.5) is 0 Å². The summed E-state index contributed by atoms with van der Waals surface area (Å²) in [6, 6.07) is 8.80. The molecule has 0 radical (unpaired) electrons. The van der Waals surface area contributed by atoms with Gasteiger partial charge in [-0.1, -0.05) is 31.9 Å². The van der Waals surface area contributed by atoms with E-state index in [1.807, 2.05) is 0 Å². The fourth-order valence-electron chi connectivity index (χ4n) is 4.39. The average Bonchev–Trinajstić information content (AvgIpc) is 2.46. The molecule has 19 heavy (non-hydrogen) atoms. The van der Waals surface area contributed by atoms with Crippen molar-refractivity contribution in [1.29, 1.82) is 0 Å². The molecule has 1 N–H and O–H groups in total. The van der Waals surface area contributed by atoms with Crippen molar-refractivity contribution in [3.05, 3.63) is 29.8 Å². The number of benzene rings is 1. The standard InChI is InChI=1S/C17H25NO/c1-16-8-3-4-9-17(16,10-11-18-13-16)14-6-5-7-15(12-14)19-2/h5-7,12,18H,3-4,8-11,13H2,1-2H3. The van der Waals surface area contributed by atoms with Crippen LogP contribution in [0, 0.1) is 5.41 Å². The minimum atomic E-state index is 0.352. The second-order valence-corrected chi connectivity index (χ2v) is 6.51. The van der Waals surface area contributed by atoms with Gasteiger partial charge in [0.25, 0.3) is 0 Å². The van der Waals surface area contributed by atoms with Crippen molar-refractivity contribution in [3.63, 3.8) is 0 Å². The molecule has 104 valence electrons. The van der Waals surface area contributed by atoms with Crippen LogP contribution >= 0.6 is 0 Å². The fourth-order valence-corrected chi connectivity index (χ4v) is 4.39. The van der Waals surface area contributed by atoms with E-state index in [2.05, 4.69) is 36.5 Å². The van der Waals surface area contributed by atoms with Gasteiger partial charge in [0, 0.05) is 12.0 Å². The smallest absolute Gasteiger partial charge is 0.119 e. The first-order valence-corrected chi connectivity index (χ1v) is 7.56. The first kappa shape index (κ1) is 13.0. The van der Waals surface area contributed by atoms with E-state index in [-0.39, 0.29) is 0 Å². The lowest BCUT2D eigenvalue weighted by atomic mass is 9.51. The molecule has 1 aliphatic carbocycles. The van der Waals surface area contributed by atoms with Crippen molar-refractivity contribution >= 4 is 0 Å². The van der Waals surface area contributed by atoms with Crippen molar-refractivity contribution in [3.8, 4) is 5.75 Å². The van der Waals surface area contributed by atoms with E-state index >= 15 is 0 Å². The maximum Gasteiger partial charge on any atom is 0.119 e. The Morgan fingerprint density at radius 2 is 2.00 bits per heavy atom. The predicted molar refractivity (Wildman–Crippen MR) is 78.7 cm³/mol. The Morgan fingerprint density at radius 3 is 2.84 bits per heavy atom. The SMILES string of the molecule is COc1cccc(C23CCCCC2(C)CNCC3)c1. The Morgan fingerprint density at radius 1 is 1.16 bits per heavy atom. The molecule has 2 fully saturated rings. The number of piperidine rings is 1. The summed E-state index contributed by atoms with van der Waals surface area (Å²) in [7, 11) is 1.76. The van der Waals surface area contributed by atoms with E-state index in [9.17, 15) is 0 Å². The summed E-state index contributed by atoms with van der Waals surface area (Å²) in [5.41, 5.74) is 2.25. The zero-order valence-corrected chi connectivity index (χ0v) is 12.2. The van der Waals surface area contributed by atoms with Gasteiger partial charge in [0.05, 0.1) is 7.11 Å². The highest BCUT2D eigenvalue weighted by atomic mass is 16.5. The molecular formula is C17H25NO. The van der Waals surface area contributed by atoms with E-state index in [1.165, 1.54) is 37.7 Å². The molecule has 0 bridgehead atoms. The van der Waals surface area contributed by atoms with Gasteiger partial charge in [-0.2, -0.15) is 0 Å². The quantitative estimate of drug-likeness (QED) is 0.877. The summed E-state index contributed by atoms with van der Waals surface area (Å²) in [5.74, 6) is 0.998. The molecule has 0 amide bonds. The monoisotopic (exact) mass is 259 g/mol. The maximum absolute atomic E-state index is 5.44. The molecule has 0 aromatic heterocycles. The van der Waals surface area contributed by atoms with Gasteiger partial charge in [-0.3, -0.25) is 0 Å². The summed E-state index contributed by atoms with van der Waals surface area (Å²) in [6.45, 7) is 4.79. The molecule has 2 unspecified atom stereocenters. The van der Waals surface area contributed by atoms with Crippen LogP contribution in [0.5, 0.6) is 5.75 Å². The van der Waals surface area contributed by atoms with E-state index in [0.29, 0.717) is 10.8 Å². The molecule has 1 heterocycles. The molecule has 2 aliphatic rings. The highest BCUT2D eigenvalue weighted by Crippen LogP contribution is 2.55. The summed E-state index contributed by atoms with van der Waals surface area (Å²) < 4.78 is 5.44. The molecule has 2 atom stereocenters. The fraction of sp³-hybridized carbons (Fsp3) is 0.647. The number of hydrogen-bond donors (Lipinski definition) is 1. The molecule has 1 aromatic rings. The van der Waals surface area contributed by atoms with Crippen LogP contribution in [-0.2, 0) is 5.41 Å². The number of methoxy groups -OCH3 is 1. The summed E-state index contributed by atoms with van der Waals surface area (Å²) in [4.78, 5) is 0. The van der Waals surface area contributed by atoms with Gasteiger partial charge >= 0.3 is 0 Å². The number of hydrogen-bond acceptors (Lipinski definition) is 2. The first-order chi connectivity index (χ1) is 9.20. The minimum absolute atomic E-state index is 0.352. The van der Waals surface area contributed by atoms with E-state index < -0.39 is 0 Å². The highest BCUT2D eigenvalue weighted by Gasteiger charge is 2.51. The molecule has 3 rings (SSSR count). The molecule has 1 saturated carbocycles. The molecule has 1 aliphatic heterocycles. The Balaban J connectivity index is 2.06. The molecule has 1 saturated heterocycles. The van der Waals surface area contributed by atoms with Crippen LogP contribution in [0.2, 0.25) is 0 Å². The van der Waals surface area contributed by atoms with Crippen molar-refractivity contribution < 1.29 is 4.74 Å². The van der Waals surface area contributed by atoms with Crippen LogP contribution in [0.25, 0.3) is 0 Å². The summed E-state index contributed by atoms with van der Waals surface area (Å²) in [5, 5.41) is 3.62. The van der Waals surface area contributed by atoms with Crippen molar-refractivity contribution in [2.75, 3.05) is 20.2 Å². The lowest BCUT2D eigenvalue weighted by Crippen LogP contribution is -2.56. The van der Waals surface area contributed by atoms with Crippen molar-refractivity contribution in [1.82, 2.24) is 5.32 Å². The zero-order valence-electron chi connectivity index (χ0n) is 12.2. The van der Waals surface area contributed by atoms with Gasteiger partial charge in [0.2, 0.25) is 0 Å². The van der Waals surface area contributed by atoms with Gasteiger partial charge < -0.3 is 10.1 Å². The minimum Gasteiger partial charge on any atom is -0.497 e. The third-order valence-corrected chi connectivity index (χ3v) is 5.60. The summed E-state index contributed by atoms with van der Waals surface area (Å²) in [6.07, 6.45) is 6.68. The molecule has 2 nitrogen and oxygen atoms in total. The van der Waals surface area contributed by atoms with E-state index in [0.717, 1.165) is 18.8 Å². The first-order valence-electron chi connectivity index (χ1n) is 7.56. The molecular weight excluding hydrogens is 234 g/mol. The van der Waals surface area contributed by atoms with Crippen LogP contribution in [0.1, 0.15) is 44.6 Å². The topological polar surface area (TPSA) is 21.3 Å². The zero-order chi connectivity index (χ0) is 13.3. The molecule has 0 spiro atoms. The number of rotatable bonds is 2. The van der Waals surface area contributed by atoms with Gasteiger partial charge in [-0.15, -0.1) is 0 Å². The third kappa shape index (κ3) is 1.97. The lowest BCUT2D eigenvalue weighted by molar-refractivity contribution is 0.0396. The maximum atomic E-state index is 5.44. The number of nitrogens with one attached hydrogen (secondary N) is 1. The largest absolute Gasteiger partial charge is 0.497 e. The predicted octanol–water partition coefficient (Wildman–Crippen LogP) is 3.51. The van der Waals surface area contributed by atoms with Crippen molar-refractivity contribution in [2.45, 2.75) is 44.4 Å². The van der Waals surface area contributed by atoms with Crippen LogP contribution in [-0.4, -0.2) is 20.2 Å². The lowest BCUT2D eigenvalue weighted by Gasteiger charge is -2.56.